The smallest absolute Gasteiger partial charge is 0.124 e. The summed E-state index contributed by atoms with van der Waals surface area (Å²) in [5.41, 5.74) is 9.89. The Bertz CT molecular complexity index is 546. The molecule has 96 valence electrons. The minimum Gasteiger partial charge on any atom is -0.494 e. The number of benzene rings is 1. The van der Waals surface area contributed by atoms with E-state index in [1.54, 1.807) is 0 Å². The van der Waals surface area contributed by atoms with E-state index in [2.05, 4.69) is 16.5 Å². The van der Waals surface area contributed by atoms with Crippen molar-refractivity contribution in [1.29, 1.82) is 0 Å². The Morgan fingerprint density at radius 3 is 2.72 bits per heavy atom. The second kappa shape index (κ2) is 5.12. The fourth-order valence-corrected chi connectivity index (χ4v) is 1.91. The summed E-state index contributed by atoms with van der Waals surface area (Å²) in [5, 5.41) is 0. The Hall–Kier alpha value is -1.97. The highest BCUT2D eigenvalue weighted by molar-refractivity contribution is 5.48. The van der Waals surface area contributed by atoms with Crippen molar-refractivity contribution in [2.45, 2.75) is 27.3 Å². The van der Waals surface area contributed by atoms with Crippen molar-refractivity contribution < 1.29 is 4.74 Å². The predicted molar refractivity (Wildman–Crippen MR) is 72.8 cm³/mol. The molecule has 0 fully saturated rings. The topological polar surface area (TPSA) is 53.1 Å². The third-order valence-corrected chi connectivity index (χ3v) is 3.07. The number of aryl methyl sites for hydroxylation is 1. The molecule has 1 heterocycles. The Morgan fingerprint density at radius 1 is 1.33 bits per heavy atom. The normalized spacial score (nSPS) is 10.6. The third kappa shape index (κ3) is 2.47. The summed E-state index contributed by atoms with van der Waals surface area (Å²) in [6.45, 7) is 7.43. The van der Waals surface area contributed by atoms with E-state index in [1.165, 1.54) is 5.69 Å². The van der Waals surface area contributed by atoms with Crippen LogP contribution in [-0.2, 0) is 6.54 Å². The molecule has 0 aliphatic rings. The Labute approximate surface area is 107 Å². The molecular weight excluding hydrogens is 226 g/mol. The van der Waals surface area contributed by atoms with E-state index >= 15 is 0 Å². The summed E-state index contributed by atoms with van der Waals surface area (Å²) >= 11 is 0. The predicted octanol–water partition coefficient (Wildman–Crippen LogP) is 2.53. The highest BCUT2D eigenvalue weighted by Gasteiger charge is 2.08. The van der Waals surface area contributed by atoms with Gasteiger partial charge in [0, 0.05) is 16.9 Å². The van der Waals surface area contributed by atoms with Crippen molar-refractivity contribution in [3.8, 4) is 5.75 Å². The monoisotopic (exact) mass is 245 g/mol. The molecule has 0 unspecified atom stereocenters. The lowest BCUT2D eigenvalue weighted by Gasteiger charge is -2.12. The van der Waals surface area contributed by atoms with Crippen LogP contribution in [0.4, 0.5) is 5.69 Å². The largest absolute Gasteiger partial charge is 0.494 e. The van der Waals surface area contributed by atoms with E-state index in [0.29, 0.717) is 6.61 Å². The van der Waals surface area contributed by atoms with Crippen LogP contribution in [0.15, 0.2) is 24.5 Å². The average molecular weight is 245 g/mol. The zero-order valence-electron chi connectivity index (χ0n) is 11.1. The quantitative estimate of drug-likeness (QED) is 0.842. The first-order chi connectivity index (χ1) is 8.61. The number of nitrogens with two attached hydrogens (primary N) is 1. The van der Waals surface area contributed by atoms with E-state index in [1.807, 2.05) is 38.4 Å². The SMILES string of the molecule is CCOc1ccc(N)cc1Cn1cnc(C)c1C. The molecule has 2 aromatic rings. The van der Waals surface area contributed by atoms with Crippen LogP contribution in [0.2, 0.25) is 0 Å². The van der Waals surface area contributed by atoms with Gasteiger partial charge in [-0.2, -0.15) is 0 Å². The standard InChI is InChI=1S/C14H19N3O/c1-4-18-14-6-5-13(15)7-12(14)8-17-9-16-10(2)11(17)3/h5-7,9H,4,8,15H2,1-3H3. The molecule has 18 heavy (non-hydrogen) atoms. The fraction of sp³-hybridized carbons (Fsp3) is 0.357. The number of anilines is 1. The maximum atomic E-state index is 5.84. The molecule has 0 saturated heterocycles. The van der Waals surface area contributed by atoms with Crippen molar-refractivity contribution in [3.05, 3.63) is 41.5 Å². The van der Waals surface area contributed by atoms with E-state index < -0.39 is 0 Å². The first kappa shape index (κ1) is 12.5. The molecule has 1 aromatic carbocycles. The fourth-order valence-electron chi connectivity index (χ4n) is 1.91. The van der Waals surface area contributed by atoms with Gasteiger partial charge in [-0.05, 0) is 39.0 Å². The molecule has 0 amide bonds. The summed E-state index contributed by atoms with van der Waals surface area (Å²) in [4.78, 5) is 4.30. The maximum Gasteiger partial charge on any atom is 0.124 e. The maximum absolute atomic E-state index is 5.84. The lowest BCUT2D eigenvalue weighted by Crippen LogP contribution is -2.05. The molecule has 0 aliphatic carbocycles. The molecule has 4 heteroatoms. The Morgan fingerprint density at radius 2 is 2.11 bits per heavy atom. The Balaban J connectivity index is 2.32. The molecule has 0 atom stereocenters. The molecule has 0 bridgehead atoms. The third-order valence-electron chi connectivity index (χ3n) is 3.07. The van der Waals surface area contributed by atoms with Gasteiger partial charge in [-0.25, -0.2) is 4.98 Å². The first-order valence-corrected chi connectivity index (χ1v) is 6.11. The van der Waals surface area contributed by atoms with Crippen LogP contribution >= 0.6 is 0 Å². The van der Waals surface area contributed by atoms with Gasteiger partial charge in [-0.15, -0.1) is 0 Å². The van der Waals surface area contributed by atoms with Crippen LogP contribution in [0.1, 0.15) is 23.9 Å². The van der Waals surface area contributed by atoms with Gasteiger partial charge in [0.1, 0.15) is 5.75 Å². The van der Waals surface area contributed by atoms with Gasteiger partial charge in [0.15, 0.2) is 0 Å². The van der Waals surface area contributed by atoms with E-state index in [0.717, 1.165) is 29.2 Å². The number of nitrogens with zero attached hydrogens (tertiary/aromatic N) is 2. The molecule has 0 aliphatic heterocycles. The van der Waals surface area contributed by atoms with Gasteiger partial charge in [0.2, 0.25) is 0 Å². The molecule has 2 rings (SSSR count). The number of ether oxygens (including phenoxy) is 1. The van der Waals surface area contributed by atoms with E-state index in [-0.39, 0.29) is 0 Å². The minimum absolute atomic E-state index is 0.652. The molecule has 1 aromatic heterocycles. The van der Waals surface area contributed by atoms with Crippen molar-refractivity contribution in [3.63, 3.8) is 0 Å². The minimum atomic E-state index is 0.652. The molecule has 0 radical (unpaired) electrons. The number of rotatable bonds is 4. The molecule has 0 saturated carbocycles. The number of hydrogen-bond donors (Lipinski definition) is 1. The van der Waals surface area contributed by atoms with E-state index in [4.69, 9.17) is 10.5 Å². The molecular formula is C14H19N3O. The van der Waals surface area contributed by atoms with Gasteiger partial charge in [0.05, 0.1) is 25.2 Å². The number of imidazole rings is 1. The van der Waals surface area contributed by atoms with Crippen molar-refractivity contribution >= 4 is 5.69 Å². The zero-order chi connectivity index (χ0) is 13.1. The highest BCUT2D eigenvalue weighted by Crippen LogP contribution is 2.23. The second-order valence-electron chi connectivity index (χ2n) is 4.34. The number of aromatic nitrogens is 2. The first-order valence-electron chi connectivity index (χ1n) is 6.11. The molecule has 0 spiro atoms. The molecule has 2 N–H and O–H groups in total. The van der Waals surface area contributed by atoms with Crippen LogP contribution in [0.3, 0.4) is 0 Å². The Kier molecular flexibility index (Phi) is 3.55. The van der Waals surface area contributed by atoms with Crippen molar-refractivity contribution in [1.82, 2.24) is 9.55 Å². The van der Waals surface area contributed by atoms with Gasteiger partial charge in [0.25, 0.3) is 0 Å². The van der Waals surface area contributed by atoms with Crippen LogP contribution in [0.5, 0.6) is 5.75 Å². The van der Waals surface area contributed by atoms with Crippen LogP contribution in [0.25, 0.3) is 0 Å². The summed E-state index contributed by atoms with van der Waals surface area (Å²) in [7, 11) is 0. The second-order valence-corrected chi connectivity index (χ2v) is 4.34. The summed E-state index contributed by atoms with van der Waals surface area (Å²) in [5.74, 6) is 0.887. The highest BCUT2D eigenvalue weighted by atomic mass is 16.5. The molecule has 4 nitrogen and oxygen atoms in total. The zero-order valence-corrected chi connectivity index (χ0v) is 11.1. The van der Waals surface area contributed by atoms with Crippen LogP contribution in [0, 0.1) is 13.8 Å². The summed E-state index contributed by atoms with van der Waals surface area (Å²) in [6.07, 6.45) is 1.85. The average Bonchev–Trinajstić information content (AvgIpc) is 2.65. The lowest BCUT2D eigenvalue weighted by molar-refractivity contribution is 0.336. The van der Waals surface area contributed by atoms with Gasteiger partial charge < -0.3 is 15.0 Å². The van der Waals surface area contributed by atoms with Gasteiger partial charge in [-0.1, -0.05) is 0 Å². The lowest BCUT2D eigenvalue weighted by atomic mass is 10.1. The van der Waals surface area contributed by atoms with E-state index in [9.17, 15) is 0 Å². The van der Waals surface area contributed by atoms with Crippen molar-refractivity contribution in [2.75, 3.05) is 12.3 Å². The van der Waals surface area contributed by atoms with Crippen LogP contribution in [-0.4, -0.2) is 16.2 Å². The van der Waals surface area contributed by atoms with Crippen LogP contribution < -0.4 is 10.5 Å². The summed E-state index contributed by atoms with van der Waals surface area (Å²) in [6, 6.07) is 5.74. The number of hydrogen-bond acceptors (Lipinski definition) is 3. The van der Waals surface area contributed by atoms with Gasteiger partial charge >= 0.3 is 0 Å². The van der Waals surface area contributed by atoms with Crippen molar-refractivity contribution in [2.24, 2.45) is 0 Å². The number of nitrogen functional groups attached to an aromatic ring is 1. The summed E-state index contributed by atoms with van der Waals surface area (Å²) < 4.78 is 7.73. The van der Waals surface area contributed by atoms with Gasteiger partial charge in [-0.3, -0.25) is 0 Å².